The van der Waals surface area contributed by atoms with Crippen molar-refractivity contribution in [3.63, 3.8) is 0 Å². The number of hydrogen-bond donors (Lipinski definition) is 2. The van der Waals surface area contributed by atoms with E-state index in [4.69, 9.17) is 10.5 Å². The van der Waals surface area contributed by atoms with Gasteiger partial charge in [0.1, 0.15) is 0 Å². The van der Waals surface area contributed by atoms with E-state index in [0.29, 0.717) is 12.1 Å². The lowest BCUT2D eigenvalue weighted by Gasteiger charge is -2.37. The van der Waals surface area contributed by atoms with Gasteiger partial charge < -0.3 is 15.6 Å². The Balaban J connectivity index is 4.54. The molecule has 0 aliphatic rings. The molecule has 0 aliphatic carbocycles. The maximum atomic E-state index is 9.21. The molecule has 104 valence electrons. The Morgan fingerprint density at radius 2 is 1.88 bits per heavy atom. The van der Waals surface area contributed by atoms with E-state index in [-0.39, 0.29) is 6.61 Å². The number of aliphatic hydroxyl groups is 1. The van der Waals surface area contributed by atoms with Crippen LogP contribution >= 0.6 is 0 Å². The summed E-state index contributed by atoms with van der Waals surface area (Å²) in [5.74, 6) is 0. The molecular weight excluding hydrogens is 216 g/mol. The molecule has 0 rings (SSSR count). The monoisotopic (exact) mass is 246 g/mol. The van der Waals surface area contributed by atoms with Crippen LogP contribution in [-0.2, 0) is 4.74 Å². The normalized spacial score (nSPS) is 13.6. The molecular formula is C13H30N2O2. The van der Waals surface area contributed by atoms with E-state index in [2.05, 4.69) is 18.7 Å². The molecule has 17 heavy (non-hydrogen) atoms. The molecule has 0 heterocycles. The van der Waals surface area contributed by atoms with Crippen LogP contribution in [0.3, 0.4) is 0 Å². The van der Waals surface area contributed by atoms with E-state index in [1.807, 2.05) is 0 Å². The van der Waals surface area contributed by atoms with Crippen molar-refractivity contribution in [1.29, 1.82) is 0 Å². The maximum Gasteiger partial charge on any atom is 0.0618 e. The average Bonchev–Trinajstić information content (AvgIpc) is 2.35. The lowest BCUT2D eigenvalue weighted by molar-refractivity contribution is 0.0393. The number of aliphatic hydroxyl groups excluding tert-OH is 1. The summed E-state index contributed by atoms with van der Waals surface area (Å²) in [5.41, 5.74) is 5.58. The summed E-state index contributed by atoms with van der Waals surface area (Å²) in [6, 6.07) is 0.903. The Morgan fingerprint density at radius 1 is 1.24 bits per heavy atom. The van der Waals surface area contributed by atoms with Crippen molar-refractivity contribution in [2.24, 2.45) is 5.73 Å². The van der Waals surface area contributed by atoms with Crippen LogP contribution in [0.4, 0.5) is 0 Å². The Labute approximate surface area is 106 Å². The average molecular weight is 246 g/mol. The van der Waals surface area contributed by atoms with Gasteiger partial charge >= 0.3 is 0 Å². The highest BCUT2D eigenvalue weighted by molar-refractivity contribution is 4.78. The molecule has 0 radical (unpaired) electrons. The molecule has 0 aromatic carbocycles. The fourth-order valence-electron chi connectivity index (χ4n) is 2.43. The lowest BCUT2D eigenvalue weighted by atomic mass is 10.0. The fourth-order valence-corrected chi connectivity index (χ4v) is 2.43. The van der Waals surface area contributed by atoms with Crippen molar-refractivity contribution < 1.29 is 9.84 Å². The number of rotatable bonds is 11. The minimum atomic E-state index is 0.208. The number of ether oxygens (including phenoxy) is 1. The van der Waals surface area contributed by atoms with Gasteiger partial charge in [0.05, 0.1) is 13.2 Å². The largest absolute Gasteiger partial charge is 0.395 e. The molecule has 0 aromatic heterocycles. The van der Waals surface area contributed by atoms with Crippen molar-refractivity contribution in [2.75, 3.05) is 33.4 Å². The first-order valence-corrected chi connectivity index (χ1v) is 6.80. The first-order chi connectivity index (χ1) is 8.24. The van der Waals surface area contributed by atoms with Crippen LogP contribution in [-0.4, -0.2) is 55.5 Å². The zero-order valence-corrected chi connectivity index (χ0v) is 11.7. The summed E-state index contributed by atoms with van der Waals surface area (Å²) in [6.45, 7) is 6.77. The smallest absolute Gasteiger partial charge is 0.0618 e. The summed E-state index contributed by atoms with van der Waals surface area (Å²) in [4.78, 5) is 2.39. The summed E-state index contributed by atoms with van der Waals surface area (Å²) in [7, 11) is 1.74. The van der Waals surface area contributed by atoms with Crippen LogP contribution in [0, 0.1) is 0 Å². The minimum absolute atomic E-state index is 0.208. The maximum absolute atomic E-state index is 9.21. The zero-order valence-electron chi connectivity index (χ0n) is 11.7. The highest BCUT2D eigenvalue weighted by Crippen LogP contribution is 2.16. The standard InChI is InChI=1S/C13H30N2O2/c1-4-12(5-2)15(9-10-16)13(11-17-3)7-6-8-14/h12-13,16H,4-11,14H2,1-3H3. The molecule has 0 aromatic rings. The molecule has 0 aliphatic heterocycles. The number of hydrogen-bond acceptors (Lipinski definition) is 4. The molecule has 0 fully saturated rings. The second kappa shape index (κ2) is 11.0. The van der Waals surface area contributed by atoms with Gasteiger partial charge in [-0.15, -0.1) is 0 Å². The quantitative estimate of drug-likeness (QED) is 0.575. The van der Waals surface area contributed by atoms with Gasteiger partial charge in [-0.25, -0.2) is 0 Å². The van der Waals surface area contributed by atoms with E-state index in [1.165, 1.54) is 0 Å². The van der Waals surface area contributed by atoms with Gasteiger partial charge in [-0.2, -0.15) is 0 Å². The van der Waals surface area contributed by atoms with Crippen LogP contribution in [0.25, 0.3) is 0 Å². The Morgan fingerprint density at radius 3 is 2.29 bits per heavy atom. The third kappa shape index (κ3) is 6.36. The zero-order chi connectivity index (χ0) is 13.1. The third-order valence-electron chi connectivity index (χ3n) is 3.34. The molecule has 0 bridgehead atoms. The number of nitrogens with zero attached hydrogens (tertiary/aromatic N) is 1. The van der Waals surface area contributed by atoms with Gasteiger partial charge in [-0.05, 0) is 32.2 Å². The van der Waals surface area contributed by atoms with Crippen molar-refractivity contribution in [3.8, 4) is 0 Å². The van der Waals surface area contributed by atoms with E-state index >= 15 is 0 Å². The van der Waals surface area contributed by atoms with Crippen molar-refractivity contribution >= 4 is 0 Å². The van der Waals surface area contributed by atoms with Crippen LogP contribution in [0.5, 0.6) is 0 Å². The molecule has 0 saturated carbocycles. The summed E-state index contributed by atoms with van der Waals surface area (Å²) < 4.78 is 5.30. The SMILES string of the molecule is CCC(CC)N(CCO)C(CCCN)COC. The van der Waals surface area contributed by atoms with Gasteiger partial charge in [-0.1, -0.05) is 13.8 Å². The molecule has 1 atom stereocenters. The van der Waals surface area contributed by atoms with Gasteiger partial charge in [0.15, 0.2) is 0 Å². The van der Waals surface area contributed by atoms with E-state index < -0.39 is 0 Å². The van der Waals surface area contributed by atoms with Crippen molar-refractivity contribution in [3.05, 3.63) is 0 Å². The van der Waals surface area contributed by atoms with Gasteiger partial charge in [0, 0.05) is 25.7 Å². The molecule has 4 nitrogen and oxygen atoms in total. The highest BCUT2D eigenvalue weighted by Gasteiger charge is 2.23. The van der Waals surface area contributed by atoms with Gasteiger partial charge in [0.2, 0.25) is 0 Å². The van der Waals surface area contributed by atoms with Crippen LogP contribution in [0.15, 0.2) is 0 Å². The topological polar surface area (TPSA) is 58.7 Å². The molecule has 4 heteroatoms. The van der Waals surface area contributed by atoms with Crippen LogP contribution in [0.1, 0.15) is 39.5 Å². The summed E-state index contributed by atoms with van der Waals surface area (Å²) in [6.07, 6.45) is 4.27. The molecule has 0 amide bonds. The fraction of sp³-hybridized carbons (Fsp3) is 1.00. The number of nitrogens with two attached hydrogens (primary N) is 1. The van der Waals surface area contributed by atoms with E-state index in [0.717, 1.165) is 45.4 Å². The minimum Gasteiger partial charge on any atom is -0.395 e. The summed E-state index contributed by atoms with van der Waals surface area (Å²) >= 11 is 0. The molecule has 1 unspecified atom stereocenters. The predicted molar refractivity (Wildman–Crippen MR) is 72.1 cm³/mol. The first-order valence-electron chi connectivity index (χ1n) is 6.80. The first kappa shape index (κ1) is 16.8. The Kier molecular flexibility index (Phi) is 10.9. The predicted octanol–water partition coefficient (Wildman–Crippen LogP) is 1.22. The van der Waals surface area contributed by atoms with E-state index in [9.17, 15) is 5.11 Å². The van der Waals surface area contributed by atoms with Gasteiger partial charge in [0.25, 0.3) is 0 Å². The van der Waals surface area contributed by atoms with Gasteiger partial charge in [-0.3, -0.25) is 4.90 Å². The van der Waals surface area contributed by atoms with Crippen LogP contribution < -0.4 is 5.73 Å². The second-order valence-electron chi connectivity index (χ2n) is 4.47. The number of methoxy groups -OCH3 is 1. The van der Waals surface area contributed by atoms with E-state index in [1.54, 1.807) is 7.11 Å². The van der Waals surface area contributed by atoms with Crippen LogP contribution in [0.2, 0.25) is 0 Å². The molecule has 0 spiro atoms. The summed E-state index contributed by atoms with van der Waals surface area (Å²) in [5, 5.41) is 9.21. The molecule has 0 saturated heterocycles. The Hall–Kier alpha value is -0.160. The second-order valence-corrected chi connectivity index (χ2v) is 4.47. The third-order valence-corrected chi connectivity index (χ3v) is 3.34. The Bertz CT molecular complexity index is 163. The van der Waals surface area contributed by atoms with Crippen molar-refractivity contribution in [2.45, 2.75) is 51.6 Å². The molecule has 3 N–H and O–H groups in total. The highest BCUT2D eigenvalue weighted by atomic mass is 16.5. The van der Waals surface area contributed by atoms with Crippen molar-refractivity contribution in [1.82, 2.24) is 4.90 Å². The lowest BCUT2D eigenvalue weighted by Crippen LogP contribution is -2.46.